The fourth-order valence-corrected chi connectivity index (χ4v) is 4.50. The largest absolute Gasteiger partial charge is 0.493 e. The summed E-state index contributed by atoms with van der Waals surface area (Å²) in [6, 6.07) is 8.07. The number of aryl methyl sites for hydroxylation is 2. The van der Waals surface area contributed by atoms with Crippen LogP contribution in [0.5, 0.6) is 11.5 Å². The molecular formula is C16H17BrN4O2S2. The van der Waals surface area contributed by atoms with Gasteiger partial charge in [-0.25, -0.2) is 4.68 Å². The van der Waals surface area contributed by atoms with Crippen LogP contribution in [0.1, 0.15) is 10.4 Å². The van der Waals surface area contributed by atoms with Crippen LogP contribution in [0.25, 0.3) is 0 Å². The van der Waals surface area contributed by atoms with Crippen LogP contribution in [0.3, 0.4) is 0 Å². The first-order valence-corrected chi connectivity index (χ1v) is 10.2. The second kappa shape index (κ2) is 8.68. The molecule has 0 spiro atoms. The van der Waals surface area contributed by atoms with Gasteiger partial charge in [-0.2, -0.15) is 0 Å². The number of tetrazole rings is 1. The van der Waals surface area contributed by atoms with Crippen molar-refractivity contribution in [3.8, 4) is 11.5 Å². The molecule has 0 bridgehead atoms. The van der Waals surface area contributed by atoms with Crippen molar-refractivity contribution in [1.82, 2.24) is 20.2 Å². The Kier molecular flexibility index (Phi) is 6.33. The first kappa shape index (κ1) is 18.2. The number of hydrogen-bond donors (Lipinski definition) is 0. The first-order chi connectivity index (χ1) is 12.2. The summed E-state index contributed by atoms with van der Waals surface area (Å²) in [6.45, 7) is 0.767. The standard InChI is InChI=1S/C16H17BrN4O2S2/c1-22-14-8-11(13(17)9-15(14)23-2)10-25-16-18-19-20-21(16)6-5-12-4-3-7-24-12/h3-4,7-9H,5-6,10H2,1-2H3. The van der Waals surface area contributed by atoms with Crippen molar-refractivity contribution >= 4 is 39.0 Å². The molecule has 6 nitrogen and oxygen atoms in total. The molecule has 0 aliphatic rings. The van der Waals surface area contributed by atoms with E-state index in [1.54, 1.807) is 37.3 Å². The lowest BCUT2D eigenvalue weighted by Gasteiger charge is -2.11. The molecule has 0 fully saturated rings. The van der Waals surface area contributed by atoms with Crippen LogP contribution in [0.2, 0.25) is 0 Å². The zero-order valence-corrected chi connectivity index (χ0v) is 17.0. The Morgan fingerprint density at radius 3 is 2.76 bits per heavy atom. The van der Waals surface area contributed by atoms with Crippen LogP contribution < -0.4 is 9.47 Å². The fraction of sp³-hybridized carbons (Fsp3) is 0.312. The van der Waals surface area contributed by atoms with Crippen molar-refractivity contribution in [3.05, 3.63) is 44.6 Å². The summed E-state index contributed by atoms with van der Waals surface area (Å²) in [6.07, 6.45) is 0.927. The summed E-state index contributed by atoms with van der Waals surface area (Å²) in [7, 11) is 3.26. The van der Waals surface area contributed by atoms with Gasteiger partial charge in [0.15, 0.2) is 11.5 Å². The number of methoxy groups -OCH3 is 2. The molecule has 0 unspecified atom stereocenters. The van der Waals surface area contributed by atoms with Crippen molar-refractivity contribution < 1.29 is 9.47 Å². The van der Waals surface area contributed by atoms with Crippen LogP contribution in [-0.4, -0.2) is 34.4 Å². The molecule has 1 aromatic carbocycles. The third-order valence-corrected chi connectivity index (χ3v) is 6.24. The lowest BCUT2D eigenvalue weighted by Crippen LogP contribution is -2.04. The van der Waals surface area contributed by atoms with Crippen molar-refractivity contribution in [2.75, 3.05) is 14.2 Å². The van der Waals surface area contributed by atoms with Crippen molar-refractivity contribution in [2.24, 2.45) is 0 Å². The summed E-state index contributed by atoms with van der Waals surface area (Å²) >= 11 is 6.93. The number of nitrogens with zero attached hydrogens (tertiary/aromatic N) is 4. The molecule has 0 radical (unpaired) electrons. The number of rotatable bonds is 8. The zero-order chi connectivity index (χ0) is 17.6. The van der Waals surface area contributed by atoms with E-state index in [-0.39, 0.29) is 0 Å². The van der Waals surface area contributed by atoms with Crippen LogP contribution in [0.15, 0.2) is 39.3 Å². The minimum absolute atomic E-state index is 0.698. The van der Waals surface area contributed by atoms with Gasteiger partial charge in [0.05, 0.1) is 20.8 Å². The molecule has 132 valence electrons. The number of thioether (sulfide) groups is 1. The van der Waals surface area contributed by atoms with Crippen molar-refractivity contribution in [3.63, 3.8) is 0 Å². The van der Waals surface area contributed by atoms with Gasteiger partial charge in [0.1, 0.15) is 0 Å². The lowest BCUT2D eigenvalue weighted by molar-refractivity contribution is 0.354. The summed E-state index contributed by atoms with van der Waals surface area (Å²) in [5.41, 5.74) is 1.09. The SMILES string of the molecule is COc1cc(Br)c(CSc2nnnn2CCc2cccs2)cc1OC. The van der Waals surface area contributed by atoms with Gasteiger partial charge < -0.3 is 9.47 Å². The van der Waals surface area contributed by atoms with Gasteiger partial charge in [-0.05, 0) is 39.6 Å². The van der Waals surface area contributed by atoms with Crippen molar-refractivity contribution in [2.45, 2.75) is 23.9 Å². The number of thiophene rings is 1. The molecule has 9 heteroatoms. The Balaban J connectivity index is 1.67. The second-order valence-corrected chi connectivity index (χ2v) is 7.93. The van der Waals surface area contributed by atoms with Gasteiger partial charge >= 0.3 is 0 Å². The van der Waals surface area contributed by atoms with Crippen LogP contribution in [0, 0.1) is 0 Å². The van der Waals surface area contributed by atoms with E-state index in [0.29, 0.717) is 11.5 Å². The van der Waals surface area contributed by atoms with Gasteiger partial charge in [0.25, 0.3) is 0 Å². The Morgan fingerprint density at radius 1 is 1.24 bits per heavy atom. The zero-order valence-electron chi connectivity index (χ0n) is 13.8. The van der Waals surface area contributed by atoms with E-state index in [0.717, 1.165) is 33.9 Å². The number of halogens is 1. The molecule has 0 atom stereocenters. The molecule has 2 aromatic heterocycles. The minimum Gasteiger partial charge on any atom is -0.493 e. The maximum absolute atomic E-state index is 5.37. The highest BCUT2D eigenvalue weighted by Crippen LogP contribution is 2.35. The van der Waals surface area contributed by atoms with E-state index in [1.165, 1.54) is 4.88 Å². The molecule has 0 N–H and O–H groups in total. The Hall–Kier alpha value is -1.58. The molecule has 0 amide bonds. The van der Waals surface area contributed by atoms with Gasteiger partial charge in [0, 0.05) is 21.5 Å². The molecule has 0 saturated carbocycles. The Morgan fingerprint density at radius 2 is 2.04 bits per heavy atom. The first-order valence-electron chi connectivity index (χ1n) is 7.53. The highest BCUT2D eigenvalue weighted by molar-refractivity contribution is 9.10. The normalized spacial score (nSPS) is 10.8. The molecule has 25 heavy (non-hydrogen) atoms. The average molecular weight is 441 g/mol. The highest BCUT2D eigenvalue weighted by Gasteiger charge is 2.12. The maximum atomic E-state index is 5.37. The van der Waals surface area contributed by atoms with Crippen LogP contribution in [-0.2, 0) is 18.7 Å². The molecule has 0 saturated heterocycles. The van der Waals surface area contributed by atoms with E-state index in [1.807, 2.05) is 16.8 Å². The fourth-order valence-electron chi connectivity index (χ4n) is 2.26. The van der Waals surface area contributed by atoms with E-state index in [2.05, 4.69) is 49.0 Å². The summed E-state index contributed by atoms with van der Waals surface area (Å²) < 4.78 is 13.5. The molecule has 3 aromatic rings. The van der Waals surface area contributed by atoms with E-state index >= 15 is 0 Å². The maximum Gasteiger partial charge on any atom is 0.209 e. The smallest absolute Gasteiger partial charge is 0.209 e. The van der Waals surface area contributed by atoms with E-state index in [9.17, 15) is 0 Å². The quantitative estimate of drug-likeness (QED) is 0.492. The minimum atomic E-state index is 0.698. The summed E-state index contributed by atoms with van der Waals surface area (Å²) in [5, 5.41) is 14.9. The predicted molar refractivity (Wildman–Crippen MR) is 103 cm³/mol. The van der Waals surface area contributed by atoms with Gasteiger partial charge in [-0.3, -0.25) is 0 Å². The number of benzene rings is 1. The van der Waals surface area contributed by atoms with Gasteiger partial charge in [-0.15, -0.1) is 16.4 Å². The monoisotopic (exact) mass is 440 g/mol. The topological polar surface area (TPSA) is 62.1 Å². The average Bonchev–Trinajstić information content (AvgIpc) is 3.30. The third kappa shape index (κ3) is 4.53. The van der Waals surface area contributed by atoms with E-state index in [4.69, 9.17) is 9.47 Å². The predicted octanol–water partition coefficient (Wildman–Crippen LogP) is 4.05. The van der Waals surface area contributed by atoms with Gasteiger partial charge in [-0.1, -0.05) is 33.8 Å². The van der Waals surface area contributed by atoms with E-state index < -0.39 is 0 Å². The lowest BCUT2D eigenvalue weighted by atomic mass is 10.2. The number of aromatic nitrogens is 4. The molecule has 0 aliphatic heterocycles. The van der Waals surface area contributed by atoms with Gasteiger partial charge in [0.2, 0.25) is 5.16 Å². The third-order valence-electron chi connectivity index (χ3n) is 3.56. The number of hydrogen-bond acceptors (Lipinski definition) is 7. The molecule has 0 aliphatic carbocycles. The number of ether oxygens (including phenoxy) is 2. The summed E-state index contributed by atoms with van der Waals surface area (Å²) in [5.74, 6) is 2.13. The van der Waals surface area contributed by atoms with Crippen molar-refractivity contribution in [1.29, 1.82) is 0 Å². The molecule has 2 heterocycles. The Labute approximate surface area is 162 Å². The molecule has 3 rings (SSSR count). The van der Waals surface area contributed by atoms with Crippen LogP contribution in [0.4, 0.5) is 0 Å². The Bertz CT molecular complexity index is 824. The highest BCUT2D eigenvalue weighted by atomic mass is 79.9. The summed E-state index contributed by atoms with van der Waals surface area (Å²) in [4.78, 5) is 1.33. The van der Waals surface area contributed by atoms with Crippen LogP contribution >= 0.6 is 39.0 Å². The second-order valence-electron chi connectivity index (χ2n) is 5.10. The molecular weight excluding hydrogens is 424 g/mol.